The van der Waals surface area contributed by atoms with Crippen molar-refractivity contribution in [2.24, 2.45) is 0 Å². The molecule has 1 unspecified atom stereocenters. The fourth-order valence-electron chi connectivity index (χ4n) is 2.45. The number of amides is 3. The fraction of sp³-hybridized carbons (Fsp3) is 0.333. The molecule has 0 spiro atoms. The topological polar surface area (TPSA) is 79.5 Å². The largest absolute Gasteiger partial charge is 0.424 e. The molecule has 114 valence electrons. The Morgan fingerprint density at radius 2 is 1.82 bits per heavy atom. The molecule has 0 aliphatic carbocycles. The Labute approximate surface area is 127 Å². The number of carbonyl (C=O) groups excluding carboxylic acids is 2. The van der Waals surface area contributed by atoms with Crippen LogP contribution in [0.4, 0.5) is 10.5 Å². The van der Waals surface area contributed by atoms with Crippen molar-refractivity contribution < 1.29 is 14.0 Å². The lowest BCUT2D eigenvalue weighted by molar-refractivity contribution is -0.127. The molecule has 0 radical (unpaired) electrons. The average molecular weight is 300 g/mol. The van der Waals surface area contributed by atoms with Crippen LogP contribution in [-0.2, 0) is 11.3 Å². The maximum Gasteiger partial charge on any atom is 0.332 e. The van der Waals surface area contributed by atoms with Crippen LogP contribution in [-0.4, -0.2) is 33.1 Å². The molecule has 7 nitrogen and oxygen atoms in total. The third-order valence-corrected chi connectivity index (χ3v) is 3.62. The minimum atomic E-state index is -0.556. The van der Waals surface area contributed by atoms with Crippen LogP contribution in [0.1, 0.15) is 24.3 Å². The normalized spacial score (nSPS) is 18.4. The molecule has 3 amide bonds. The van der Waals surface area contributed by atoms with E-state index in [-0.39, 0.29) is 24.4 Å². The van der Waals surface area contributed by atoms with Crippen molar-refractivity contribution in [1.82, 2.24) is 15.1 Å². The van der Waals surface area contributed by atoms with E-state index in [2.05, 4.69) is 10.2 Å². The maximum atomic E-state index is 12.6. The summed E-state index contributed by atoms with van der Waals surface area (Å²) < 4.78 is 5.25. The van der Waals surface area contributed by atoms with Crippen LogP contribution < -0.4 is 4.90 Å². The summed E-state index contributed by atoms with van der Waals surface area (Å²) in [6.07, 6.45) is 0. The van der Waals surface area contributed by atoms with Gasteiger partial charge in [0.2, 0.25) is 11.8 Å². The molecule has 0 bridgehead atoms. The Morgan fingerprint density at radius 1 is 1.14 bits per heavy atom. The number of nitrogens with zero attached hydrogens (tertiary/aromatic N) is 4. The van der Waals surface area contributed by atoms with Gasteiger partial charge in [0.15, 0.2) is 0 Å². The smallest absolute Gasteiger partial charge is 0.332 e. The van der Waals surface area contributed by atoms with Crippen LogP contribution in [0.15, 0.2) is 28.7 Å². The highest BCUT2D eigenvalue weighted by atomic mass is 16.4. The molecule has 2 aromatic rings. The summed E-state index contributed by atoms with van der Waals surface area (Å²) >= 11 is 0. The number of anilines is 1. The van der Waals surface area contributed by atoms with E-state index in [1.165, 1.54) is 4.90 Å². The summed E-state index contributed by atoms with van der Waals surface area (Å²) in [5.41, 5.74) is 1.79. The molecule has 22 heavy (non-hydrogen) atoms. The summed E-state index contributed by atoms with van der Waals surface area (Å²) in [5, 5.41) is 7.54. The van der Waals surface area contributed by atoms with Crippen molar-refractivity contribution in [3.63, 3.8) is 0 Å². The van der Waals surface area contributed by atoms with Gasteiger partial charge in [0.1, 0.15) is 12.6 Å². The Hall–Kier alpha value is -2.70. The van der Waals surface area contributed by atoms with E-state index in [1.54, 1.807) is 13.8 Å². The van der Waals surface area contributed by atoms with Gasteiger partial charge in [0, 0.05) is 12.6 Å². The summed E-state index contributed by atoms with van der Waals surface area (Å²) in [4.78, 5) is 27.5. The molecule has 1 aliphatic rings. The highest BCUT2D eigenvalue weighted by Gasteiger charge is 2.43. The Kier molecular flexibility index (Phi) is 3.40. The number of hydrogen-bond acceptors (Lipinski definition) is 5. The van der Waals surface area contributed by atoms with Crippen molar-refractivity contribution in [3.8, 4) is 0 Å². The molecular weight excluding hydrogens is 284 g/mol. The molecule has 1 fully saturated rings. The summed E-state index contributed by atoms with van der Waals surface area (Å²) in [7, 11) is 0. The Balaban J connectivity index is 1.87. The number of rotatable bonds is 3. The van der Waals surface area contributed by atoms with Gasteiger partial charge >= 0.3 is 6.03 Å². The monoisotopic (exact) mass is 300 g/mol. The lowest BCUT2D eigenvalue weighted by Crippen LogP contribution is -2.33. The molecule has 1 aromatic carbocycles. The first-order valence-corrected chi connectivity index (χ1v) is 6.97. The first-order valence-electron chi connectivity index (χ1n) is 6.97. The van der Waals surface area contributed by atoms with Gasteiger partial charge in [-0.2, -0.15) is 0 Å². The van der Waals surface area contributed by atoms with Crippen LogP contribution in [0.5, 0.6) is 0 Å². The molecule has 3 rings (SSSR count). The zero-order valence-electron chi connectivity index (χ0n) is 12.6. The molecule has 1 atom stereocenters. The van der Waals surface area contributed by atoms with Crippen molar-refractivity contribution in [2.45, 2.75) is 33.4 Å². The molecule has 1 aromatic heterocycles. The van der Waals surface area contributed by atoms with Crippen molar-refractivity contribution in [2.75, 3.05) is 4.90 Å². The second-order valence-electron chi connectivity index (χ2n) is 5.30. The SMILES string of the molecule is Cc1ccc(N2C(=O)N(Cc3nnc(C)o3)C(=O)C2C)cc1. The van der Waals surface area contributed by atoms with Gasteiger partial charge in [-0.05, 0) is 26.0 Å². The summed E-state index contributed by atoms with van der Waals surface area (Å²) in [6.45, 7) is 5.32. The van der Waals surface area contributed by atoms with Gasteiger partial charge in [-0.1, -0.05) is 17.7 Å². The third-order valence-electron chi connectivity index (χ3n) is 3.62. The number of aromatic nitrogens is 2. The number of aryl methyl sites for hydroxylation is 2. The van der Waals surface area contributed by atoms with Gasteiger partial charge in [0.05, 0.1) is 0 Å². The van der Waals surface area contributed by atoms with E-state index in [4.69, 9.17) is 4.42 Å². The second kappa shape index (κ2) is 5.25. The van der Waals surface area contributed by atoms with Gasteiger partial charge in [0.25, 0.3) is 5.91 Å². The number of imide groups is 1. The van der Waals surface area contributed by atoms with E-state index in [0.717, 1.165) is 10.5 Å². The highest BCUT2D eigenvalue weighted by molar-refractivity contribution is 6.13. The van der Waals surface area contributed by atoms with E-state index >= 15 is 0 Å². The van der Waals surface area contributed by atoms with Gasteiger partial charge < -0.3 is 4.42 Å². The molecule has 0 N–H and O–H groups in total. The van der Waals surface area contributed by atoms with Crippen LogP contribution in [0, 0.1) is 13.8 Å². The predicted octanol–water partition coefficient (Wildman–Crippen LogP) is 2.04. The Morgan fingerprint density at radius 3 is 2.41 bits per heavy atom. The second-order valence-corrected chi connectivity index (χ2v) is 5.30. The van der Waals surface area contributed by atoms with E-state index in [0.29, 0.717) is 11.6 Å². The van der Waals surface area contributed by atoms with Crippen LogP contribution in [0.2, 0.25) is 0 Å². The van der Waals surface area contributed by atoms with E-state index in [9.17, 15) is 9.59 Å². The average Bonchev–Trinajstić information content (AvgIpc) is 2.98. The van der Waals surface area contributed by atoms with Crippen molar-refractivity contribution in [1.29, 1.82) is 0 Å². The van der Waals surface area contributed by atoms with Gasteiger partial charge in [-0.15, -0.1) is 10.2 Å². The van der Waals surface area contributed by atoms with E-state index in [1.807, 2.05) is 31.2 Å². The minimum Gasteiger partial charge on any atom is -0.424 e. The maximum absolute atomic E-state index is 12.6. The number of hydrogen-bond donors (Lipinski definition) is 0. The Bertz CT molecular complexity index is 723. The predicted molar refractivity (Wildman–Crippen MR) is 78.1 cm³/mol. The first kappa shape index (κ1) is 14.2. The molecule has 1 aliphatic heterocycles. The molecule has 1 saturated heterocycles. The van der Waals surface area contributed by atoms with Crippen LogP contribution in [0.25, 0.3) is 0 Å². The zero-order chi connectivity index (χ0) is 15.9. The van der Waals surface area contributed by atoms with Gasteiger partial charge in [-0.25, -0.2) is 4.79 Å². The number of urea groups is 1. The van der Waals surface area contributed by atoms with Crippen molar-refractivity contribution >= 4 is 17.6 Å². The quantitative estimate of drug-likeness (QED) is 0.810. The summed E-state index contributed by atoms with van der Waals surface area (Å²) in [6, 6.07) is 6.54. The lowest BCUT2D eigenvalue weighted by Gasteiger charge is -2.19. The zero-order valence-corrected chi connectivity index (χ0v) is 12.6. The standard InChI is InChI=1S/C15H16N4O3/c1-9-4-6-12(7-5-9)19-10(2)14(20)18(15(19)21)8-13-17-16-11(3)22-13/h4-7,10H,8H2,1-3H3. The molecule has 2 heterocycles. The molecule has 7 heteroatoms. The highest BCUT2D eigenvalue weighted by Crippen LogP contribution is 2.27. The van der Waals surface area contributed by atoms with Crippen LogP contribution >= 0.6 is 0 Å². The molecule has 0 saturated carbocycles. The number of carbonyl (C=O) groups is 2. The first-order chi connectivity index (χ1) is 10.5. The van der Waals surface area contributed by atoms with Gasteiger partial charge in [-0.3, -0.25) is 14.6 Å². The van der Waals surface area contributed by atoms with Crippen molar-refractivity contribution in [3.05, 3.63) is 41.6 Å². The summed E-state index contributed by atoms with van der Waals surface area (Å²) in [5.74, 6) is 0.371. The third kappa shape index (κ3) is 2.34. The number of benzene rings is 1. The minimum absolute atomic E-state index is 0.00872. The van der Waals surface area contributed by atoms with Crippen LogP contribution in [0.3, 0.4) is 0 Å². The molecular formula is C15H16N4O3. The fourth-order valence-corrected chi connectivity index (χ4v) is 2.45. The van der Waals surface area contributed by atoms with E-state index < -0.39 is 6.04 Å². The lowest BCUT2D eigenvalue weighted by atomic mass is 10.2.